The normalized spacial score (nSPS) is 14.3. The fourth-order valence-corrected chi connectivity index (χ4v) is 1.13. The molecule has 0 spiro atoms. The number of hydrogen-bond acceptors (Lipinski definition) is 1. The summed E-state index contributed by atoms with van der Waals surface area (Å²) >= 11 is 0. The molecule has 0 heterocycles. The maximum absolute atomic E-state index is 4.03. The number of aliphatic imine (C=N–C) groups is 1. The van der Waals surface area contributed by atoms with E-state index in [-0.39, 0.29) is 0 Å². The van der Waals surface area contributed by atoms with Crippen molar-refractivity contribution in [1.29, 1.82) is 0 Å². The predicted octanol–water partition coefficient (Wildman–Crippen LogP) is 4.62. The van der Waals surface area contributed by atoms with E-state index in [0.29, 0.717) is 0 Å². The SMILES string of the molecule is C=C/C=C(\C=C(\C)CC)C(=C/C=C\C)/N=C. The van der Waals surface area contributed by atoms with E-state index in [1.165, 1.54) is 5.57 Å². The molecule has 0 saturated carbocycles. The highest BCUT2D eigenvalue weighted by Crippen LogP contribution is 2.16. The zero-order valence-corrected chi connectivity index (χ0v) is 10.5. The minimum atomic E-state index is 0.866. The van der Waals surface area contributed by atoms with Gasteiger partial charge in [-0.1, -0.05) is 49.5 Å². The van der Waals surface area contributed by atoms with Crippen LogP contribution in [0.1, 0.15) is 27.2 Å². The first-order valence-corrected chi connectivity index (χ1v) is 5.49. The Kier molecular flexibility index (Phi) is 7.78. The number of allylic oxidation sites excluding steroid dienone is 7. The van der Waals surface area contributed by atoms with Gasteiger partial charge in [-0.05, 0) is 38.6 Å². The highest BCUT2D eigenvalue weighted by Gasteiger charge is 1.98. The number of hydrogen-bond donors (Lipinski definition) is 0. The monoisotopic (exact) mass is 215 g/mol. The summed E-state index contributed by atoms with van der Waals surface area (Å²) in [4.78, 5) is 4.03. The topological polar surface area (TPSA) is 12.4 Å². The minimum Gasteiger partial charge on any atom is -0.264 e. The van der Waals surface area contributed by atoms with E-state index in [9.17, 15) is 0 Å². The zero-order chi connectivity index (χ0) is 12.4. The van der Waals surface area contributed by atoms with Crippen molar-refractivity contribution in [1.82, 2.24) is 0 Å². The van der Waals surface area contributed by atoms with Crippen LogP contribution in [-0.4, -0.2) is 6.72 Å². The Labute approximate surface area is 99.3 Å². The Hall–Kier alpha value is -1.63. The van der Waals surface area contributed by atoms with Gasteiger partial charge in [-0.15, -0.1) is 0 Å². The van der Waals surface area contributed by atoms with Crippen LogP contribution in [0.15, 0.2) is 64.9 Å². The van der Waals surface area contributed by atoms with E-state index in [1.54, 1.807) is 6.08 Å². The standard InChI is InChI=1S/C15H21N/c1-6-9-11-15(16-5)14(10-7-2)12-13(4)8-3/h6-7,9-12H,2,5,8H2,1,3-4H3/b9-6-,13-12-,14-10+,15-11-. The smallest absolute Gasteiger partial charge is 0.0694 e. The van der Waals surface area contributed by atoms with E-state index >= 15 is 0 Å². The molecule has 0 N–H and O–H groups in total. The third-order valence-corrected chi connectivity index (χ3v) is 2.17. The molecule has 0 aromatic heterocycles. The van der Waals surface area contributed by atoms with Gasteiger partial charge in [0.05, 0.1) is 5.70 Å². The maximum Gasteiger partial charge on any atom is 0.0694 e. The van der Waals surface area contributed by atoms with E-state index in [1.807, 2.05) is 31.2 Å². The van der Waals surface area contributed by atoms with Crippen molar-refractivity contribution >= 4 is 6.72 Å². The predicted molar refractivity (Wildman–Crippen MR) is 74.8 cm³/mol. The summed E-state index contributed by atoms with van der Waals surface area (Å²) in [5.74, 6) is 0. The molecule has 0 aliphatic heterocycles. The van der Waals surface area contributed by atoms with Crippen molar-refractivity contribution in [2.24, 2.45) is 4.99 Å². The lowest BCUT2D eigenvalue weighted by Gasteiger charge is -2.03. The summed E-state index contributed by atoms with van der Waals surface area (Å²) < 4.78 is 0. The van der Waals surface area contributed by atoms with Crippen LogP contribution in [-0.2, 0) is 0 Å². The highest BCUT2D eigenvalue weighted by atomic mass is 14.7. The van der Waals surface area contributed by atoms with Crippen LogP contribution in [0.25, 0.3) is 0 Å². The minimum absolute atomic E-state index is 0.866. The molecule has 0 saturated heterocycles. The van der Waals surface area contributed by atoms with Crippen LogP contribution in [0.2, 0.25) is 0 Å². The first-order valence-electron chi connectivity index (χ1n) is 5.49. The Balaban J connectivity index is 5.26. The van der Waals surface area contributed by atoms with Gasteiger partial charge in [-0.25, -0.2) is 0 Å². The van der Waals surface area contributed by atoms with Crippen molar-refractivity contribution in [2.45, 2.75) is 27.2 Å². The summed E-state index contributed by atoms with van der Waals surface area (Å²) in [5.41, 5.74) is 3.22. The van der Waals surface area contributed by atoms with Crippen LogP contribution in [0.3, 0.4) is 0 Å². The summed E-state index contributed by atoms with van der Waals surface area (Å²) in [5, 5.41) is 0. The van der Waals surface area contributed by atoms with Crippen molar-refractivity contribution in [3.8, 4) is 0 Å². The van der Waals surface area contributed by atoms with Gasteiger partial charge in [0.25, 0.3) is 0 Å². The number of nitrogens with zero attached hydrogens (tertiary/aromatic N) is 1. The third kappa shape index (κ3) is 5.30. The molecule has 0 aromatic carbocycles. The molecule has 16 heavy (non-hydrogen) atoms. The van der Waals surface area contributed by atoms with Gasteiger partial charge in [0, 0.05) is 0 Å². The van der Waals surface area contributed by atoms with Crippen molar-refractivity contribution in [2.75, 3.05) is 0 Å². The largest absolute Gasteiger partial charge is 0.264 e. The van der Waals surface area contributed by atoms with Crippen LogP contribution in [0.4, 0.5) is 0 Å². The second-order valence-corrected chi connectivity index (χ2v) is 3.44. The highest BCUT2D eigenvalue weighted by molar-refractivity contribution is 5.47. The summed E-state index contributed by atoms with van der Waals surface area (Å²) in [7, 11) is 0. The molecule has 0 radical (unpaired) electrons. The quantitative estimate of drug-likeness (QED) is 0.453. The van der Waals surface area contributed by atoms with Crippen molar-refractivity contribution in [3.05, 3.63) is 59.9 Å². The van der Waals surface area contributed by atoms with Crippen LogP contribution in [0, 0.1) is 0 Å². The van der Waals surface area contributed by atoms with Crippen molar-refractivity contribution < 1.29 is 0 Å². The Morgan fingerprint density at radius 3 is 2.44 bits per heavy atom. The first kappa shape index (κ1) is 14.4. The Morgan fingerprint density at radius 2 is 2.00 bits per heavy atom. The fraction of sp³-hybridized carbons (Fsp3) is 0.267. The molecule has 1 heteroatoms. The van der Waals surface area contributed by atoms with E-state index in [4.69, 9.17) is 0 Å². The molecule has 0 amide bonds. The van der Waals surface area contributed by atoms with Gasteiger partial charge in [0.15, 0.2) is 0 Å². The number of rotatable bonds is 6. The van der Waals surface area contributed by atoms with Gasteiger partial charge in [0.2, 0.25) is 0 Å². The molecule has 1 nitrogen and oxygen atoms in total. The molecule has 0 aromatic rings. The average molecular weight is 215 g/mol. The summed E-state index contributed by atoms with van der Waals surface area (Å²) in [6.07, 6.45) is 12.7. The molecule has 0 fully saturated rings. The fourth-order valence-electron chi connectivity index (χ4n) is 1.13. The van der Waals surface area contributed by atoms with Gasteiger partial charge in [-0.3, -0.25) is 4.99 Å². The molecular formula is C15H21N. The zero-order valence-electron chi connectivity index (χ0n) is 10.5. The molecule has 0 rings (SSSR count). The first-order chi connectivity index (χ1) is 7.69. The lowest BCUT2D eigenvalue weighted by atomic mass is 10.1. The van der Waals surface area contributed by atoms with Gasteiger partial charge in [-0.2, -0.15) is 0 Å². The van der Waals surface area contributed by atoms with Gasteiger partial charge >= 0.3 is 0 Å². The second-order valence-electron chi connectivity index (χ2n) is 3.44. The second kappa shape index (κ2) is 8.66. The van der Waals surface area contributed by atoms with Crippen LogP contribution >= 0.6 is 0 Å². The molecular weight excluding hydrogens is 194 g/mol. The van der Waals surface area contributed by atoms with E-state index in [2.05, 4.69) is 38.2 Å². The van der Waals surface area contributed by atoms with E-state index < -0.39 is 0 Å². The average Bonchev–Trinajstić information content (AvgIpc) is 2.30. The molecule has 0 atom stereocenters. The molecule has 0 aliphatic carbocycles. The maximum atomic E-state index is 4.03. The lowest BCUT2D eigenvalue weighted by Crippen LogP contribution is -1.85. The van der Waals surface area contributed by atoms with Crippen LogP contribution < -0.4 is 0 Å². The van der Waals surface area contributed by atoms with E-state index in [0.717, 1.165) is 17.7 Å². The van der Waals surface area contributed by atoms with Gasteiger partial charge in [0.1, 0.15) is 0 Å². The molecule has 0 unspecified atom stereocenters. The van der Waals surface area contributed by atoms with Crippen LogP contribution in [0.5, 0.6) is 0 Å². The lowest BCUT2D eigenvalue weighted by molar-refractivity contribution is 1.09. The van der Waals surface area contributed by atoms with Gasteiger partial charge < -0.3 is 0 Å². The summed E-state index contributed by atoms with van der Waals surface area (Å²) in [6.45, 7) is 13.5. The molecule has 86 valence electrons. The Bertz CT molecular complexity index is 352. The summed E-state index contributed by atoms with van der Waals surface area (Å²) in [6, 6.07) is 0. The molecule has 0 bridgehead atoms. The molecule has 0 aliphatic rings. The third-order valence-electron chi connectivity index (χ3n) is 2.17. The Morgan fingerprint density at radius 1 is 1.31 bits per heavy atom. The van der Waals surface area contributed by atoms with Crippen molar-refractivity contribution in [3.63, 3.8) is 0 Å².